The normalized spacial score (nSPS) is 12.7. The van der Waals surface area contributed by atoms with Crippen molar-refractivity contribution in [3.63, 3.8) is 0 Å². The molecule has 0 saturated carbocycles. The number of nitrogens with zero attached hydrogens (tertiary/aromatic N) is 1. The van der Waals surface area contributed by atoms with Gasteiger partial charge in [-0.3, -0.25) is 0 Å². The smallest absolute Gasteiger partial charge is 0.184 e. The number of thiophene rings is 1. The van der Waals surface area contributed by atoms with Crippen molar-refractivity contribution in [2.45, 2.75) is 13.0 Å². The quantitative estimate of drug-likeness (QED) is 0.685. The van der Waals surface area contributed by atoms with Gasteiger partial charge in [0.15, 0.2) is 5.13 Å². The molecule has 0 amide bonds. The molecule has 0 saturated heterocycles. The van der Waals surface area contributed by atoms with Crippen molar-refractivity contribution in [3.8, 4) is 0 Å². The highest BCUT2D eigenvalue weighted by Gasteiger charge is 2.11. The number of thiazole rings is 1. The number of benzene rings is 1. The maximum Gasteiger partial charge on any atom is 0.184 e. The van der Waals surface area contributed by atoms with E-state index in [9.17, 15) is 0 Å². The Kier molecular flexibility index (Phi) is 3.35. The van der Waals surface area contributed by atoms with E-state index in [0.717, 1.165) is 25.4 Å². The summed E-state index contributed by atoms with van der Waals surface area (Å²) < 4.78 is 1.90. The van der Waals surface area contributed by atoms with E-state index in [-0.39, 0.29) is 6.04 Å². The second-order valence-electron chi connectivity index (χ2n) is 4.25. The molecule has 0 fully saturated rings. The first kappa shape index (κ1) is 12.7. The third-order valence-electron chi connectivity index (χ3n) is 2.77. The molecule has 3 nitrogen and oxygen atoms in total. The molecule has 3 aromatic rings. The summed E-state index contributed by atoms with van der Waals surface area (Å²) >= 11 is 9.15. The molecule has 6 heteroatoms. The minimum absolute atomic E-state index is 0.190. The molecule has 0 bridgehead atoms. The van der Waals surface area contributed by atoms with Crippen molar-refractivity contribution in [2.24, 2.45) is 0 Å². The van der Waals surface area contributed by atoms with Gasteiger partial charge in [0.05, 0.1) is 20.6 Å². The van der Waals surface area contributed by atoms with Gasteiger partial charge in [-0.1, -0.05) is 22.9 Å². The molecule has 0 aliphatic rings. The third-order valence-corrected chi connectivity index (χ3v) is 5.14. The molecule has 19 heavy (non-hydrogen) atoms. The zero-order chi connectivity index (χ0) is 13.4. The Morgan fingerprint density at radius 2 is 2.11 bits per heavy atom. The van der Waals surface area contributed by atoms with E-state index in [2.05, 4.69) is 17.2 Å². The number of nitrogen functional groups attached to an aromatic ring is 1. The first-order valence-electron chi connectivity index (χ1n) is 5.79. The van der Waals surface area contributed by atoms with E-state index in [1.54, 1.807) is 22.7 Å². The van der Waals surface area contributed by atoms with Crippen LogP contribution in [0.15, 0.2) is 30.3 Å². The number of hydrogen-bond donors (Lipinski definition) is 2. The van der Waals surface area contributed by atoms with Crippen molar-refractivity contribution < 1.29 is 0 Å². The molecular weight excluding hydrogens is 298 g/mol. The van der Waals surface area contributed by atoms with Crippen LogP contribution in [0.5, 0.6) is 0 Å². The highest BCUT2D eigenvalue weighted by atomic mass is 35.5. The summed E-state index contributed by atoms with van der Waals surface area (Å²) in [6, 6.07) is 9.91. The first-order chi connectivity index (χ1) is 9.11. The average molecular weight is 310 g/mol. The van der Waals surface area contributed by atoms with Gasteiger partial charge >= 0.3 is 0 Å². The van der Waals surface area contributed by atoms with Crippen LogP contribution >= 0.6 is 34.3 Å². The molecule has 98 valence electrons. The molecule has 3 N–H and O–H groups in total. The Bertz CT molecular complexity index is 720. The van der Waals surface area contributed by atoms with Crippen LogP contribution in [0.4, 0.5) is 10.8 Å². The molecule has 0 radical (unpaired) electrons. The largest absolute Gasteiger partial charge is 0.399 e. The Balaban J connectivity index is 1.85. The van der Waals surface area contributed by atoms with Crippen LogP contribution in [0, 0.1) is 0 Å². The maximum atomic E-state index is 5.95. The molecule has 1 aromatic carbocycles. The van der Waals surface area contributed by atoms with Gasteiger partial charge in [0.2, 0.25) is 0 Å². The maximum absolute atomic E-state index is 5.95. The fraction of sp³-hybridized carbons (Fsp3) is 0.154. The standard InChI is InChI=1S/C13H12ClN3S2/c1-7(10-4-5-12(14)18-10)16-13-17-9-3-2-8(15)6-11(9)19-13/h2-7H,15H2,1H3,(H,16,17). The minimum atomic E-state index is 0.190. The number of halogens is 1. The zero-order valence-corrected chi connectivity index (χ0v) is 12.6. The zero-order valence-electron chi connectivity index (χ0n) is 10.2. The SMILES string of the molecule is CC(Nc1nc2ccc(N)cc2s1)c1ccc(Cl)s1. The summed E-state index contributed by atoms with van der Waals surface area (Å²) in [4.78, 5) is 5.75. The van der Waals surface area contributed by atoms with Crippen LogP contribution < -0.4 is 11.1 Å². The summed E-state index contributed by atoms with van der Waals surface area (Å²) in [6.45, 7) is 2.10. The molecule has 3 rings (SSSR count). The lowest BCUT2D eigenvalue weighted by Crippen LogP contribution is -2.03. The fourth-order valence-electron chi connectivity index (χ4n) is 1.82. The molecule has 2 aromatic heterocycles. The third kappa shape index (κ3) is 2.68. The van der Waals surface area contributed by atoms with Crippen LogP contribution in [-0.4, -0.2) is 4.98 Å². The summed E-state index contributed by atoms with van der Waals surface area (Å²) in [7, 11) is 0. The number of aromatic nitrogens is 1. The summed E-state index contributed by atoms with van der Waals surface area (Å²) in [5.74, 6) is 0. The number of nitrogens with one attached hydrogen (secondary N) is 1. The highest BCUT2D eigenvalue weighted by molar-refractivity contribution is 7.22. The lowest BCUT2D eigenvalue weighted by Gasteiger charge is -2.09. The predicted molar refractivity (Wildman–Crippen MR) is 85.4 cm³/mol. The van der Waals surface area contributed by atoms with Crippen molar-refractivity contribution in [2.75, 3.05) is 11.1 Å². The van der Waals surface area contributed by atoms with E-state index in [1.165, 1.54) is 4.88 Å². The van der Waals surface area contributed by atoms with Gasteiger partial charge in [0, 0.05) is 10.6 Å². The van der Waals surface area contributed by atoms with Gasteiger partial charge in [-0.05, 0) is 37.3 Å². The molecule has 0 aliphatic heterocycles. The number of hydrogen-bond acceptors (Lipinski definition) is 5. The molecule has 1 atom stereocenters. The molecule has 1 unspecified atom stereocenters. The number of fused-ring (bicyclic) bond motifs is 1. The summed E-state index contributed by atoms with van der Waals surface area (Å²) in [5.41, 5.74) is 7.51. The van der Waals surface area contributed by atoms with Gasteiger partial charge in [-0.25, -0.2) is 4.98 Å². The van der Waals surface area contributed by atoms with Crippen LogP contribution in [0.25, 0.3) is 10.2 Å². The Morgan fingerprint density at radius 3 is 2.84 bits per heavy atom. The number of anilines is 2. The van der Waals surface area contributed by atoms with Crippen molar-refractivity contribution in [3.05, 3.63) is 39.5 Å². The van der Waals surface area contributed by atoms with Crippen LogP contribution in [0.3, 0.4) is 0 Å². The predicted octanol–water partition coefficient (Wildman–Crippen LogP) is 4.77. The van der Waals surface area contributed by atoms with E-state index in [0.29, 0.717) is 0 Å². The second kappa shape index (κ2) is 5.00. The highest BCUT2D eigenvalue weighted by Crippen LogP contribution is 2.32. The fourth-order valence-corrected chi connectivity index (χ4v) is 3.88. The van der Waals surface area contributed by atoms with E-state index >= 15 is 0 Å². The van der Waals surface area contributed by atoms with Gasteiger partial charge in [0.1, 0.15) is 0 Å². The minimum Gasteiger partial charge on any atom is -0.399 e. The monoisotopic (exact) mass is 309 g/mol. The van der Waals surface area contributed by atoms with Crippen molar-refractivity contribution in [1.29, 1.82) is 0 Å². The lowest BCUT2D eigenvalue weighted by molar-refractivity contribution is 0.905. The molecule has 2 heterocycles. The van der Waals surface area contributed by atoms with Gasteiger partial charge in [-0.15, -0.1) is 11.3 Å². The molecular formula is C13H12ClN3S2. The molecule has 0 spiro atoms. The van der Waals surface area contributed by atoms with Crippen LogP contribution in [0.2, 0.25) is 4.34 Å². The Hall–Kier alpha value is -1.30. The van der Waals surface area contributed by atoms with Crippen LogP contribution in [0.1, 0.15) is 17.8 Å². The number of nitrogens with two attached hydrogens (primary N) is 1. The average Bonchev–Trinajstić information content (AvgIpc) is 2.94. The van der Waals surface area contributed by atoms with Crippen molar-refractivity contribution in [1.82, 2.24) is 4.98 Å². The van der Waals surface area contributed by atoms with E-state index in [4.69, 9.17) is 17.3 Å². The second-order valence-corrected chi connectivity index (χ2v) is 7.03. The van der Waals surface area contributed by atoms with Gasteiger partial charge in [-0.2, -0.15) is 0 Å². The topological polar surface area (TPSA) is 50.9 Å². The van der Waals surface area contributed by atoms with Gasteiger partial charge in [0.25, 0.3) is 0 Å². The lowest BCUT2D eigenvalue weighted by atomic mass is 10.3. The molecule has 0 aliphatic carbocycles. The van der Waals surface area contributed by atoms with Gasteiger partial charge < -0.3 is 11.1 Å². The van der Waals surface area contributed by atoms with E-state index < -0.39 is 0 Å². The Labute approximate surface area is 124 Å². The van der Waals surface area contributed by atoms with E-state index in [1.807, 2.05) is 30.3 Å². The van der Waals surface area contributed by atoms with Crippen LogP contribution in [-0.2, 0) is 0 Å². The summed E-state index contributed by atoms with van der Waals surface area (Å²) in [6.07, 6.45) is 0. The summed E-state index contributed by atoms with van der Waals surface area (Å²) in [5, 5.41) is 4.30. The Morgan fingerprint density at radius 1 is 1.26 bits per heavy atom. The van der Waals surface area contributed by atoms with Crippen molar-refractivity contribution >= 4 is 55.3 Å². The first-order valence-corrected chi connectivity index (χ1v) is 7.81. The number of rotatable bonds is 3.